The van der Waals surface area contributed by atoms with Crippen LogP contribution in [-0.4, -0.2) is 10.1 Å². The van der Waals surface area contributed by atoms with E-state index in [1.54, 1.807) is 18.2 Å². The predicted molar refractivity (Wildman–Crippen MR) is 59.8 cm³/mol. The fourth-order valence-corrected chi connectivity index (χ4v) is 1.55. The molecule has 1 N–H and O–H groups in total. The Bertz CT molecular complexity index is 444. The number of pyridine rings is 1. The van der Waals surface area contributed by atoms with Crippen LogP contribution in [0.3, 0.4) is 0 Å². The second-order valence-corrected chi connectivity index (χ2v) is 3.59. The molecule has 1 heterocycles. The molecule has 0 amide bonds. The van der Waals surface area contributed by atoms with E-state index in [1.165, 1.54) is 0 Å². The van der Waals surface area contributed by atoms with Crippen molar-refractivity contribution in [1.29, 1.82) is 0 Å². The van der Waals surface area contributed by atoms with E-state index in [4.69, 9.17) is 11.6 Å². The summed E-state index contributed by atoms with van der Waals surface area (Å²) in [6, 6.07) is 14.6. The molecule has 0 aliphatic rings. The number of benzene rings is 1. The number of aliphatic hydroxyl groups is 1. The molecule has 2 aromatic rings. The Hall–Kier alpha value is -1.38. The van der Waals surface area contributed by atoms with Gasteiger partial charge in [-0.3, -0.25) is 0 Å². The maximum atomic E-state index is 10.00. The van der Waals surface area contributed by atoms with Gasteiger partial charge < -0.3 is 5.11 Å². The largest absolute Gasteiger partial charge is 0.382 e. The lowest BCUT2D eigenvalue weighted by atomic mass is 10.1. The summed E-state index contributed by atoms with van der Waals surface area (Å²) in [5.74, 6) is 0. The van der Waals surface area contributed by atoms with E-state index in [9.17, 15) is 5.11 Å². The predicted octanol–water partition coefficient (Wildman–Crippen LogP) is 2.82. The number of hydrogen-bond donors (Lipinski definition) is 1. The van der Waals surface area contributed by atoms with Crippen LogP contribution in [0.5, 0.6) is 0 Å². The van der Waals surface area contributed by atoms with Crippen molar-refractivity contribution in [3.05, 3.63) is 64.9 Å². The highest BCUT2D eigenvalue weighted by Gasteiger charge is 2.10. The highest BCUT2D eigenvalue weighted by atomic mass is 35.5. The molecule has 0 aliphatic heterocycles. The van der Waals surface area contributed by atoms with Crippen LogP contribution in [0.25, 0.3) is 0 Å². The summed E-state index contributed by atoms with van der Waals surface area (Å²) in [6.07, 6.45) is -0.718. The molecule has 0 saturated carbocycles. The van der Waals surface area contributed by atoms with Gasteiger partial charge in [0.2, 0.25) is 0 Å². The Morgan fingerprint density at radius 3 is 2.40 bits per heavy atom. The van der Waals surface area contributed by atoms with Gasteiger partial charge in [-0.2, -0.15) is 0 Å². The van der Waals surface area contributed by atoms with Gasteiger partial charge in [0.25, 0.3) is 0 Å². The minimum Gasteiger partial charge on any atom is -0.382 e. The van der Waals surface area contributed by atoms with E-state index < -0.39 is 6.10 Å². The minimum atomic E-state index is -0.718. The zero-order chi connectivity index (χ0) is 10.7. The Kier molecular flexibility index (Phi) is 2.99. The second kappa shape index (κ2) is 4.43. The zero-order valence-corrected chi connectivity index (χ0v) is 8.72. The molecule has 3 heteroatoms. The minimum absolute atomic E-state index is 0.391. The molecule has 0 aliphatic carbocycles. The maximum Gasteiger partial charge on any atom is 0.129 e. The molecule has 76 valence electrons. The van der Waals surface area contributed by atoms with Crippen molar-refractivity contribution in [2.24, 2.45) is 0 Å². The number of nitrogens with zero attached hydrogens (tertiary/aromatic N) is 1. The van der Waals surface area contributed by atoms with Gasteiger partial charge >= 0.3 is 0 Å². The Labute approximate surface area is 93.2 Å². The first-order chi connectivity index (χ1) is 7.27. The van der Waals surface area contributed by atoms with Crippen molar-refractivity contribution < 1.29 is 5.11 Å². The lowest BCUT2D eigenvalue weighted by Gasteiger charge is -2.10. The molecule has 2 nitrogen and oxygen atoms in total. The number of aromatic nitrogens is 1. The summed E-state index contributed by atoms with van der Waals surface area (Å²) < 4.78 is 0. The Morgan fingerprint density at radius 1 is 1.00 bits per heavy atom. The molecule has 1 unspecified atom stereocenters. The van der Waals surface area contributed by atoms with Gasteiger partial charge in [0, 0.05) is 0 Å². The SMILES string of the molecule is OC(c1ccccc1)c1cccc(Cl)n1. The summed E-state index contributed by atoms with van der Waals surface area (Å²) in [4.78, 5) is 4.06. The number of rotatable bonds is 2. The summed E-state index contributed by atoms with van der Waals surface area (Å²) in [5.41, 5.74) is 1.38. The van der Waals surface area contributed by atoms with Gasteiger partial charge in [-0.25, -0.2) is 4.98 Å². The van der Waals surface area contributed by atoms with Gasteiger partial charge in [-0.1, -0.05) is 48.0 Å². The summed E-state index contributed by atoms with van der Waals surface area (Å²) >= 11 is 5.75. The van der Waals surface area contributed by atoms with Crippen LogP contribution in [0.15, 0.2) is 48.5 Å². The zero-order valence-electron chi connectivity index (χ0n) is 7.97. The van der Waals surface area contributed by atoms with Gasteiger partial charge in [0.15, 0.2) is 0 Å². The van der Waals surface area contributed by atoms with Crippen molar-refractivity contribution >= 4 is 11.6 Å². The first kappa shape index (κ1) is 10.1. The van der Waals surface area contributed by atoms with Crippen LogP contribution < -0.4 is 0 Å². The van der Waals surface area contributed by atoms with E-state index in [0.29, 0.717) is 10.8 Å². The average molecular weight is 220 g/mol. The van der Waals surface area contributed by atoms with E-state index in [0.717, 1.165) is 5.56 Å². The molecule has 1 atom stereocenters. The molecule has 15 heavy (non-hydrogen) atoms. The molecular formula is C12H10ClNO. The second-order valence-electron chi connectivity index (χ2n) is 3.20. The molecule has 0 radical (unpaired) electrons. The summed E-state index contributed by atoms with van der Waals surface area (Å²) in [7, 11) is 0. The average Bonchev–Trinajstić information content (AvgIpc) is 2.29. The van der Waals surface area contributed by atoms with Gasteiger partial charge in [-0.05, 0) is 17.7 Å². The van der Waals surface area contributed by atoms with Gasteiger partial charge in [0.1, 0.15) is 11.3 Å². The lowest BCUT2D eigenvalue weighted by molar-refractivity contribution is 0.215. The normalized spacial score (nSPS) is 12.4. The van der Waals surface area contributed by atoms with Crippen molar-refractivity contribution in [3.63, 3.8) is 0 Å². The Balaban J connectivity index is 2.32. The first-order valence-corrected chi connectivity index (χ1v) is 5.00. The van der Waals surface area contributed by atoms with Crippen molar-refractivity contribution in [1.82, 2.24) is 4.98 Å². The van der Waals surface area contributed by atoms with Crippen LogP contribution in [0.1, 0.15) is 17.4 Å². The highest BCUT2D eigenvalue weighted by Crippen LogP contribution is 2.20. The fraction of sp³-hybridized carbons (Fsp3) is 0.0833. The standard InChI is InChI=1S/C12H10ClNO/c13-11-8-4-7-10(14-11)12(15)9-5-2-1-3-6-9/h1-8,12,15H. The fourth-order valence-electron chi connectivity index (χ4n) is 1.38. The topological polar surface area (TPSA) is 33.1 Å². The van der Waals surface area contributed by atoms with E-state index >= 15 is 0 Å². The molecule has 1 aromatic carbocycles. The Morgan fingerprint density at radius 2 is 1.73 bits per heavy atom. The molecule has 0 saturated heterocycles. The molecule has 1 aromatic heterocycles. The lowest BCUT2D eigenvalue weighted by Crippen LogP contribution is -2.01. The van der Waals surface area contributed by atoms with Crippen molar-refractivity contribution in [2.75, 3.05) is 0 Å². The summed E-state index contributed by atoms with van der Waals surface area (Å²) in [6.45, 7) is 0. The molecule has 0 bridgehead atoms. The third-order valence-corrected chi connectivity index (χ3v) is 2.34. The van der Waals surface area contributed by atoms with E-state index in [1.807, 2.05) is 30.3 Å². The van der Waals surface area contributed by atoms with Crippen LogP contribution >= 0.6 is 11.6 Å². The molecule has 0 fully saturated rings. The monoisotopic (exact) mass is 219 g/mol. The van der Waals surface area contributed by atoms with Gasteiger partial charge in [0.05, 0.1) is 5.69 Å². The van der Waals surface area contributed by atoms with E-state index in [-0.39, 0.29) is 0 Å². The van der Waals surface area contributed by atoms with Gasteiger partial charge in [-0.15, -0.1) is 0 Å². The van der Waals surface area contributed by atoms with E-state index in [2.05, 4.69) is 4.98 Å². The number of hydrogen-bond acceptors (Lipinski definition) is 2. The summed E-state index contributed by atoms with van der Waals surface area (Å²) in [5, 5.41) is 10.4. The maximum absolute atomic E-state index is 10.00. The smallest absolute Gasteiger partial charge is 0.129 e. The third kappa shape index (κ3) is 2.35. The number of halogens is 1. The van der Waals surface area contributed by atoms with Crippen LogP contribution in [0, 0.1) is 0 Å². The van der Waals surface area contributed by atoms with Crippen molar-refractivity contribution in [3.8, 4) is 0 Å². The number of aliphatic hydroxyl groups excluding tert-OH is 1. The van der Waals surface area contributed by atoms with Crippen LogP contribution in [0.4, 0.5) is 0 Å². The first-order valence-electron chi connectivity index (χ1n) is 4.63. The molecular weight excluding hydrogens is 210 g/mol. The highest BCUT2D eigenvalue weighted by molar-refractivity contribution is 6.29. The van der Waals surface area contributed by atoms with Crippen LogP contribution in [0.2, 0.25) is 5.15 Å². The quantitative estimate of drug-likeness (QED) is 0.788. The van der Waals surface area contributed by atoms with Crippen molar-refractivity contribution in [2.45, 2.75) is 6.10 Å². The molecule has 2 rings (SSSR count). The van der Waals surface area contributed by atoms with Crippen LogP contribution in [-0.2, 0) is 0 Å². The molecule has 0 spiro atoms. The third-order valence-electron chi connectivity index (χ3n) is 2.13.